The van der Waals surface area contributed by atoms with Crippen molar-refractivity contribution in [2.75, 3.05) is 6.54 Å². The highest BCUT2D eigenvalue weighted by Gasteiger charge is 2.42. The van der Waals surface area contributed by atoms with Crippen LogP contribution >= 0.6 is 0 Å². The lowest BCUT2D eigenvalue weighted by Crippen LogP contribution is -2.26. The fraction of sp³-hybridized carbons (Fsp3) is 0.615. The van der Waals surface area contributed by atoms with E-state index in [1.54, 1.807) is 0 Å². The first-order valence-electron chi connectivity index (χ1n) is 5.82. The number of nitrogens with zero attached hydrogens (tertiary/aromatic N) is 1. The van der Waals surface area contributed by atoms with Crippen LogP contribution < -0.4 is 5.32 Å². The lowest BCUT2D eigenvalue weighted by molar-refractivity contribution is 0.378. The maximum absolute atomic E-state index is 8.73. The Labute approximate surface area is 96.4 Å². The highest BCUT2D eigenvalue weighted by molar-refractivity contribution is 5.09. The van der Waals surface area contributed by atoms with Crippen LogP contribution in [0.5, 0.6) is 0 Å². The summed E-state index contributed by atoms with van der Waals surface area (Å²) in [5.74, 6) is 1.92. The number of hydrogen-bond acceptors (Lipinski definition) is 3. The molecule has 0 aliphatic heterocycles. The van der Waals surface area contributed by atoms with Gasteiger partial charge in [0.05, 0.1) is 12.1 Å². The second-order valence-corrected chi connectivity index (χ2v) is 4.89. The smallest absolute Gasteiger partial charge is 0.120 e. The van der Waals surface area contributed by atoms with Crippen LogP contribution in [0.1, 0.15) is 43.7 Å². The van der Waals surface area contributed by atoms with Gasteiger partial charge in [-0.2, -0.15) is 5.26 Å². The number of aryl methyl sites for hydroxylation is 1. The van der Waals surface area contributed by atoms with Crippen molar-refractivity contribution in [1.29, 1.82) is 5.26 Å². The van der Waals surface area contributed by atoms with E-state index in [1.165, 1.54) is 12.8 Å². The lowest BCUT2D eigenvalue weighted by atomic mass is 10.0. The first-order valence-corrected chi connectivity index (χ1v) is 5.82. The van der Waals surface area contributed by atoms with Gasteiger partial charge < -0.3 is 9.73 Å². The molecule has 1 aliphatic carbocycles. The minimum Gasteiger partial charge on any atom is -0.465 e. The summed E-state index contributed by atoms with van der Waals surface area (Å²) in [5.41, 5.74) is 0.255. The summed E-state index contributed by atoms with van der Waals surface area (Å²) in [6.07, 6.45) is 3.03. The Morgan fingerprint density at radius 3 is 2.81 bits per heavy atom. The van der Waals surface area contributed by atoms with Gasteiger partial charge in [-0.1, -0.05) is 0 Å². The van der Waals surface area contributed by atoms with E-state index in [2.05, 4.69) is 18.3 Å². The van der Waals surface area contributed by atoms with Crippen molar-refractivity contribution in [1.82, 2.24) is 5.32 Å². The number of nitriles is 1. The Morgan fingerprint density at radius 1 is 1.56 bits per heavy atom. The molecular formula is C13H18N2O. The summed E-state index contributed by atoms with van der Waals surface area (Å²) in [6, 6.07) is 6.49. The van der Waals surface area contributed by atoms with Crippen molar-refractivity contribution in [2.24, 2.45) is 5.41 Å². The van der Waals surface area contributed by atoms with E-state index in [0.29, 0.717) is 6.42 Å². The van der Waals surface area contributed by atoms with Crippen LogP contribution in [0.2, 0.25) is 0 Å². The Balaban J connectivity index is 1.85. The fourth-order valence-electron chi connectivity index (χ4n) is 1.92. The van der Waals surface area contributed by atoms with Crippen LogP contribution in [0.4, 0.5) is 0 Å². The molecule has 1 aromatic heterocycles. The van der Waals surface area contributed by atoms with E-state index in [4.69, 9.17) is 9.68 Å². The Morgan fingerprint density at radius 2 is 2.31 bits per heavy atom. The first kappa shape index (κ1) is 11.2. The number of rotatable bonds is 5. The monoisotopic (exact) mass is 218 g/mol. The van der Waals surface area contributed by atoms with Crippen molar-refractivity contribution in [3.8, 4) is 6.07 Å². The molecule has 0 radical (unpaired) electrons. The highest BCUT2D eigenvalue weighted by atomic mass is 16.3. The molecule has 86 valence electrons. The topological polar surface area (TPSA) is 49.0 Å². The number of hydrogen-bond donors (Lipinski definition) is 1. The first-order chi connectivity index (χ1) is 7.65. The molecule has 2 rings (SSSR count). The fourth-order valence-corrected chi connectivity index (χ4v) is 1.92. The summed E-state index contributed by atoms with van der Waals surface area (Å²) in [6.45, 7) is 4.97. The number of nitrogens with one attached hydrogen (secondary N) is 1. The van der Waals surface area contributed by atoms with Gasteiger partial charge in [-0.3, -0.25) is 0 Å². The highest BCUT2D eigenvalue weighted by Crippen LogP contribution is 2.48. The number of furan rings is 1. The Bertz CT molecular complexity index is 398. The molecule has 1 aromatic rings. The molecule has 0 bridgehead atoms. The second-order valence-electron chi connectivity index (χ2n) is 4.89. The standard InChI is InChI=1S/C13H18N2O/c1-10-3-4-12(16-10)11(2)15-9-13(5-6-13)7-8-14/h3-4,11,15H,5-7,9H2,1-2H3. The van der Waals surface area contributed by atoms with Gasteiger partial charge in [0.2, 0.25) is 0 Å². The van der Waals surface area contributed by atoms with Gasteiger partial charge in [0.25, 0.3) is 0 Å². The maximum atomic E-state index is 8.73. The molecule has 1 N–H and O–H groups in total. The SMILES string of the molecule is Cc1ccc(C(C)NCC2(CC#N)CC2)o1. The van der Waals surface area contributed by atoms with E-state index in [0.717, 1.165) is 18.1 Å². The van der Waals surface area contributed by atoms with Crippen molar-refractivity contribution < 1.29 is 4.42 Å². The second kappa shape index (κ2) is 4.31. The average molecular weight is 218 g/mol. The minimum atomic E-state index is 0.227. The molecule has 0 amide bonds. The maximum Gasteiger partial charge on any atom is 0.120 e. The summed E-state index contributed by atoms with van der Waals surface area (Å²) in [4.78, 5) is 0. The van der Waals surface area contributed by atoms with E-state index >= 15 is 0 Å². The molecule has 1 unspecified atom stereocenters. The van der Waals surface area contributed by atoms with Gasteiger partial charge in [-0.25, -0.2) is 0 Å². The van der Waals surface area contributed by atoms with E-state index in [9.17, 15) is 0 Å². The molecular weight excluding hydrogens is 200 g/mol. The molecule has 1 aliphatic rings. The average Bonchev–Trinajstić information content (AvgIpc) is 2.89. The third kappa shape index (κ3) is 2.45. The summed E-state index contributed by atoms with van der Waals surface area (Å²) in [5, 5.41) is 12.2. The van der Waals surface area contributed by atoms with Gasteiger partial charge in [-0.15, -0.1) is 0 Å². The third-order valence-corrected chi connectivity index (χ3v) is 3.38. The minimum absolute atomic E-state index is 0.227. The van der Waals surface area contributed by atoms with E-state index in [1.807, 2.05) is 19.1 Å². The molecule has 0 aromatic carbocycles. The van der Waals surface area contributed by atoms with Crippen molar-refractivity contribution >= 4 is 0 Å². The van der Waals surface area contributed by atoms with Crippen molar-refractivity contribution in [3.63, 3.8) is 0 Å². The molecule has 3 nitrogen and oxygen atoms in total. The third-order valence-electron chi connectivity index (χ3n) is 3.38. The van der Waals surface area contributed by atoms with Gasteiger partial charge in [-0.05, 0) is 44.2 Å². The predicted molar refractivity (Wildman–Crippen MR) is 61.8 cm³/mol. The molecule has 3 heteroatoms. The van der Waals surface area contributed by atoms with Crippen LogP contribution in [-0.4, -0.2) is 6.54 Å². The predicted octanol–water partition coefficient (Wildman–Crippen LogP) is 2.93. The van der Waals surface area contributed by atoms with Gasteiger partial charge in [0.15, 0.2) is 0 Å². The van der Waals surface area contributed by atoms with Crippen LogP contribution in [0.15, 0.2) is 16.5 Å². The van der Waals surface area contributed by atoms with Crippen LogP contribution in [-0.2, 0) is 0 Å². The van der Waals surface area contributed by atoms with E-state index in [-0.39, 0.29) is 11.5 Å². The molecule has 1 atom stereocenters. The van der Waals surface area contributed by atoms with Crippen molar-refractivity contribution in [2.45, 2.75) is 39.2 Å². The van der Waals surface area contributed by atoms with Crippen LogP contribution in [0, 0.1) is 23.7 Å². The molecule has 16 heavy (non-hydrogen) atoms. The Kier molecular flexibility index (Phi) is 3.02. The van der Waals surface area contributed by atoms with Crippen LogP contribution in [0.3, 0.4) is 0 Å². The summed E-state index contributed by atoms with van der Waals surface area (Å²) >= 11 is 0. The van der Waals surface area contributed by atoms with Gasteiger partial charge in [0.1, 0.15) is 11.5 Å². The molecule has 1 heterocycles. The molecule has 1 fully saturated rings. The van der Waals surface area contributed by atoms with Gasteiger partial charge in [0, 0.05) is 13.0 Å². The normalized spacial score (nSPS) is 19.1. The van der Waals surface area contributed by atoms with Crippen LogP contribution in [0.25, 0.3) is 0 Å². The quantitative estimate of drug-likeness (QED) is 0.826. The van der Waals surface area contributed by atoms with E-state index < -0.39 is 0 Å². The summed E-state index contributed by atoms with van der Waals surface area (Å²) in [7, 11) is 0. The zero-order chi connectivity index (χ0) is 11.6. The largest absolute Gasteiger partial charge is 0.465 e. The molecule has 0 spiro atoms. The zero-order valence-electron chi connectivity index (χ0n) is 9.92. The molecule has 0 saturated heterocycles. The lowest BCUT2D eigenvalue weighted by Gasteiger charge is -2.16. The Hall–Kier alpha value is -1.27. The van der Waals surface area contributed by atoms with Crippen molar-refractivity contribution in [3.05, 3.63) is 23.7 Å². The molecule has 1 saturated carbocycles. The van der Waals surface area contributed by atoms with Gasteiger partial charge >= 0.3 is 0 Å². The summed E-state index contributed by atoms with van der Waals surface area (Å²) < 4.78 is 5.56. The zero-order valence-corrected chi connectivity index (χ0v) is 9.92.